The summed E-state index contributed by atoms with van der Waals surface area (Å²) in [6.07, 6.45) is -0.843. The van der Waals surface area contributed by atoms with E-state index in [0.717, 1.165) is 4.47 Å². The molecule has 0 saturated carbocycles. The molecule has 0 saturated heterocycles. The van der Waals surface area contributed by atoms with E-state index in [-0.39, 0.29) is 12.3 Å². The molecular formula is C9H11BrN2O2. The highest BCUT2D eigenvalue weighted by Gasteiger charge is 2.11. The van der Waals surface area contributed by atoms with Crippen LogP contribution < -0.4 is 11.3 Å². The molecule has 4 nitrogen and oxygen atoms in total. The Bertz CT molecular complexity index is 313. The van der Waals surface area contributed by atoms with E-state index in [4.69, 9.17) is 5.84 Å². The molecule has 0 fully saturated rings. The molecule has 1 unspecified atom stereocenters. The molecule has 5 heteroatoms. The second kappa shape index (κ2) is 5.09. The second-order valence-corrected chi connectivity index (χ2v) is 3.75. The molecule has 14 heavy (non-hydrogen) atoms. The number of hydrogen-bond donors (Lipinski definition) is 3. The van der Waals surface area contributed by atoms with Crippen molar-refractivity contribution in [3.63, 3.8) is 0 Å². The van der Waals surface area contributed by atoms with Crippen LogP contribution in [0.2, 0.25) is 0 Å². The van der Waals surface area contributed by atoms with Crippen LogP contribution >= 0.6 is 15.9 Å². The Kier molecular flexibility index (Phi) is 4.06. The van der Waals surface area contributed by atoms with Crippen molar-refractivity contribution in [1.29, 1.82) is 0 Å². The van der Waals surface area contributed by atoms with Gasteiger partial charge in [0.15, 0.2) is 0 Å². The van der Waals surface area contributed by atoms with Crippen molar-refractivity contribution in [2.24, 2.45) is 5.84 Å². The Balaban J connectivity index is 2.65. The van der Waals surface area contributed by atoms with Crippen molar-refractivity contribution >= 4 is 21.8 Å². The zero-order valence-electron chi connectivity index (χ0n) is 7.40. The fraction of sp³-hybridized carbons (Fsp3) is 0.222. The topological polar surface area (TPSA) is 75.3 Å². The summed E-state index contributed by atoms with van der Waals surface area (Å²) in [5, 5.41) is 9.58. The third-order valence-electron chi connectivity index (χ3n) is 1.79. The number of carbonyl (C=O) groups is 1. The van der Waals surface area contributed by atoms with Gasteiger partial charge in [-0.1, -0.05) is 28.1 Å². The lowest BCUT2D eigenvalue weighted by Gasteiger charge is -2.09. The minimum atomic E-state index is -0.813. The number of nitrogens with one attached hydrogen (secondary N) is 1. The van der Waals surface area contributed by atoms with Gasteiger partial charge in [-0.05, 0) is 17.7 Å². The van der Waals surface area contributed by atoms with Crippen LogP contribution in [0.1, 0.15) is 18.1 Å². The van der Waals surface area contributed by atoms with Gasteiger partial charge >= 0.3 is 0 Å². The zero-order chi connectivity index (χ0) is 10.6. The molecule has 0 bridgehead atoms. The second-order valence-electron chi connectivity index (χ2n) is 2.84. The quantitative estimate of drug-likeness (QED) is 0.428. The molecular weight excluding hydrogens is 248 g/mol. The van der Waals surface area contributed by atoms with Gasteiger partial charge in [0.05, 0.1) is 12.5 Å². The van der Waals surface area contributed by atoms with E-state index in [2.05, 4.69) is 15.9 Å². The third-order valence-corrected chi connectivity index (χ3v) is 2.32. The van der Waals surface area contributed by atoms with E-state index in [1.807, 2.05) is 5.43 Å². The standard InChI is InChI=1S/C9H11BrN2O2/c10-7-3-1-6(2-4-7)8(13)5-9(14)12-11/h1-4,8,13H,5,11H2,(H,12,14). The van der Waals surface area contributed by atoms with Gasteiger partial charge in [0, 0.05) is 4.47 Å². The summed E-state index contributed by atoms with van der Waals surface area (Å²) < 4.78 is 0.928. The van der Waals surface area contributed by atoms with Crippen LogP contribution in [0.25, 0.3) is 0 Å². The van der Waals surface area contributed by atoms with Gasteiger partial charge in [-0.25, -0.2) is 5.84 Å². The first-order valence-corrected chi connectivity index (χ1v) is 4.85. The molecule has 1 atom stereocenters. The number of aliphatic hydroxyl groups excluding tert-OH is 1. The van der Waals surface area contributed by atoms with E-state index in [0.29, 0.717) is 5.56 Å². The lowest BCUT2D eigenvalue weighted by molar-refractivity contribution is -0.123. The zero-order valence-corrected chi connectivity index (χ0v) is 8.99. The maximum Gasteiger partial charge on any atom is 0.236 e. The van der Waals surface area contributed by atoms with Crippen LogP contribution in [0, 0.1) is 0 Å². The van der Waals surface area contributed by atoms with Gasteiger partial charge < -0.3 is 5.11 Å². The lowest BCUT2D eigenvalue weighted by Crippen LogP contribution is -2.31. The first kappa shape index (κ1) is 11.2. The third kappa shape index (κ3) is 3.10. The molecule has 1 rings (SSSR count). The molecule has 1 aromatic carbocycles. The van der Waals surface area contributed by atoms with Crippen molar-refractivity contribution in [3.8, 4) is 0 Å². The molecule has 0 aliphatic carbocycles. The van der Waals surface area contributed by atoms with Crippen LogP contribution in [0.5, 0.6) is 0 Å². The molecule has 76 valence electrons. The normalized spacial score (nSPS) is 12.2. The molecule has 0 aliphatic rings. The number of aliphatic hydroxyl groups is 1. The molecule has 4 N–H and O–H groups in total. The smallest absolute Gasteiger partial charge is 0.236 e. The Morgan fingerprint density at radius 1 is 1.50 bits per heavy atom. The fourth-order valence-corrected chi connectivity index (χ4v) is 1.30. The minimum absolute atomic E-state index is 0.0296. The van der Waals surface area contributed by atoms with Gasteiger partial charge in [-0.3, -0.25) is 10.2 Å². The summed E-state index contributed by atoms with van der Waals surface area (Å²) in [6.45, 7) is 0. The molecule has 0 spiro atoms. The first-order valence-electron chi connectivity index (χ1n) is 4.06. The van der Waals surface area contributed by atoms with Crippen LogP contribution in [-0.2, 0) is 4.79 Å². The van der Waals surface area contributed by atoms with Crippen molar-refractivity contribution in [2.45, 2.75) is 12.5 Å². The fourth-order valence-electron chi connectivity index (χ4n) is 1.04. The molecule has 0 heterocycles. The largest absolute Gasteiger partial charge is 0.388 e. The number of hydrazine groups is 1. The number of benzene rings is 1. The molecule has 1 amide bonds. The number of nitrogens with two attached hydrogens (primary N) is 1. The lowest BCUT2D eigenvalue weighted by atomic mass is 10.1. The van der Waals surface area contributed by atoms with Gasteiger partial charge in [0.25, 0.3) is 0 Å². The number of carbonyl (C=O) groups excluding carboxylic acids is 1. The van der Waals surface area contributed by atoms with Crippen LogP contribution in [0.3, 0.4) is 0 Å². The maximum absolute atomic E-state index is 10.9. The Morgan fingerprint density at radius 2 is 2.07 bits per heavy atom. The Labute approximate surface area is 90.2 Å². The van der Waals surface area contributed by atoms with Gasteiger partial charge in [-0.15, -0.1) is 0 Å². The molecule has 0 aliphatic heterocycles. The number of halogens is 1. The average molecular weight is 259 g/mol. The average Bonchev–Trinajstić information content (AvgIpc) is 2.18. The first-order chi connectivity index (χ1) is 6.63. The highest BCUT2D eigenvalue weighted by atomic mass is 79.9. The summed E-state index contributed by atoms with van der Waals surface area (Å²) in [5.74, 6) is 4.52. The van der Waals surface area contributed by atoms with Gasteiger partial charge in [-0.2, -0.15) is 0 Å². The number of amides is 1. The highest BCUT2D eigenvalue weighted by molar-refractivity contribution is 9.10. The minimum Gasteiger partial charge on any atom is -0.388 e. The van der Waals surface area contributed by atoms with E-state index in [1.54, 1.807) is 24.3 Å². The summed E-state index contributed by atoms with van der Waals surface area (Å²) in [5.41, 5.74) is 2.66. The van der Waals surface area contributed by atoms with E-state index in [9.17, 15) is 9.90 Å². The van der Waals surface area contributed by atoms with Crippen molar-refractivity contribution in [3.05, 3.63) is 34.3 Å². The summed E-state index contributed by atoms with van der Waals surface area (Å²) in [6, 6.07) is 7.11. The van der Waals surface area contributed by atoms with Crippen molar-refractivity contribution in [1.82, 2.24) is 5.43 Å². The summed E-state index contributed by atoms with van der Waals surface area (Å²) >= 11 is 3.28. The predicted octanol–water partition coefficient (Wildman–Crippen LogP) is 0.862. The monoisotopic (exact) mass is 258 g/mol. The van der Waals surface area contributed by atoms with Crippen LogP contribution in [-0.4, -0.2) is 11.0 Å². The van der Waals surface area contributed by atoms with Crippen LogP contribution in [0.15, 0.2) is 28.7 Å². The van der Waals surface area contributed by atoms with Crippen molar-refractivity contribution < 1.29 is 9.90 Å². The Morgan fingerprint density at radius 3 is 2.57 bits per heavy atom. The van der Waals surface area contributed by atoms with Gasteiger partial charge in [0.2, 0.25) is 5.91 Å². The highest BCUT2D eigenvalue weighted by Crippen LogP contribution is 2.18. The SMILES string of the molecule is NNC(=O)CC(O)c1ccc(Br)cc1. The maximum atomic E-state index is 10.9. The number of hydrogen-bond acceptors (Lipinski definition) is 3. The van der Waals surface area contributed by atoms with Gasteiger partial charge in [0.1, 0.15) is 0 Å². The van der Waals surface area contributed by atoms with Crippen LogP contribution in [0.4, 0.5) is 0 Å². The van der Waals surface area contributed by atoms with Crippen molar-refractivity contribution in [2.75, 3.05) is 0 Å². The summed E-state index contributed by atoms with van der Waals surface area (Å²) in [4.78, 5) is 10.9. The molecule has 1 aromatic rings. The molecule has 0 aromatic heterocycles. The number of rotatable bonds is 3. The summed E-state index contributed by atoms with van der Waals surface area (Å²) in [7, 11) is 0. The van der Waals surface area contributed by atoms with E-state index < -0.39 is 6.10 Å². The Hall–Kier alpha value is -0.910. The van der Waals surface area contributed by atoms with E-state index >= 15 is 0 Å². The molecule has 0 radical (unpaired) electrons. The van der Waals surface area contributed by atoms with E-state index in [1.165, 1.54) is 0 Å². The predicted molar refractivity (Wildman–Crippen MR) is 56.0 cm³/mol.